The smallest absolute Gasteiger partial charge is 0.322 e. The average Bonchev–Trinajstić information content (AvgIpc) is 2.93. The lowest BCUT2D eigenvalue weighted by Crippen LogP contribution is -2.56. The van der Waals surface area contributed by atoms with Crippen LogP contribution >= 0.6 is 0 Å². The maximum Gasteiger partial charge on any atom is 0.322 e. The van der Waals surface area contributed by atoms with Crippen molar-refractivity contribution in [1.29, 1.82) is 0 Å². The zero-order valence-corrected chi connectivity index (χ0v) is 12.3. The van der Waals surface area contributed by atoms with Gasteiger partial charge in [-0.1, -0.05) is 0 Å². The van der Waals surface area contributed by atoms with E-state index in [1.54, 1.807) is 24.7 Å². The molecule has 22 heavy (non-hydrogen) atoms. The Bertz CT molecular complexity index is 644. The number of rotatable bonds is 4. The van der Waals surface area contributed by atoms with E-state index in [0.29, 0.717) is 32.1 Å². The van der Waals surface area contributed by atoms with Crippen LogP contribution < -0.4 is 4.90 Å². The largest absolute Gasteiger partial charge is 0.480 e. The molecule has 1 N–H and O–H groups in total. The van der Waals surface area contributed by atoms with Crippen molar-refractivity contribution < 1.29 is 9.90 Å². The highest BCUT2D eigenvalue weighted by Gasteiger charge is 2.33. The molecule has 1 fully saturated rings. The van der Waals surface area contributed by atoms with Crippen molar-refractivity contribution >= 4 is 11.9 Å². The number of carboxylic acids is 1. The van der Waals surface area contributed by atoms with Crippen molar-refractivity contribution in [2.45, 2.75) is 12.6 Å². The number of aromatic nitrogens is 4. The van der Waals surface area contributed by atoms with E-state index in [1.165, 1.54) is 0 Å². The van der Waals surface area contributed by atoms with Gasteiger partial charge in [0.1, 0.15) is 11.9 Å². The first-order valence-electron chi connectivity index (χ1n) is 7.10. The topological polar surface area (TPSA) is 87.4 Å². The molecular formula is C14H18N6O2. The van der Waals surface area contributed by atoms with Gasteiger partial charge in [-0.05, 0) is 6.07 Å². The van der Waals surface area contributed by atoms with E-state index in [0.717, 1.165) is 5.82 Å². The summed E-state index contributed by atoms with van der Waals surface area (Å²) < 4.78 is 1.91. The van der Waals surface area contributed by atoms with E-state index in [4.69, 9.17) is 0 Å². The molecule has 0 aliphatic carbocycles. The summed E-state index contributed by atoms with van der Waals surface area (Å²) >= 11 is 0. The molecule has 3 rings (SSSR count). The lowest BCUT2D eigenvalue weighted by molar-refractivity contribution is -0.143. The van der Waals surface area contributed by atoms with Crippen LogP contribution in [0.5, 0.6) is 0 Å². The minimum atomic E-state index is -0.838. The second-order valence-corrected chi connectivity index (χ2v) is 5.27. The van der Waals surface area contributed by atoms with Crippen LogP contribution in [0.3, 0.4) is 0 Å². The Balaban J connectivity index is 1.74. The first-order chi connectivity index (χ1) is 10.6. The summed E-state index contributed by atoms with van der Waals surface area (Å²) in [6.07, 6.45) is 6.91. The van der Waals surface area contributed by atoms with Crippen LogP contribution in [-0.2, 0) is 18.4 Å². The number of carboxylic acid groups (broad SMARTS) is 1. The molecule has 1 atom stereocenters. The van der Waals surface area contributed by atoms with Crippen molar-refractivity contribution in [2.75, 3.05) is 24.5 Å². The zero-order valence-electron chi connectivity index (χ0n) is 12.3. The first-order valence-corrected chi connectivity index (χ1v) is 7.10. The van der Waals surface area contributed by atoms with Crippen molar-refractivity contribution in [3.63, 3.8) is 0 Å². The van der Waals surface area contributed by atoms with Crippen LogP contribution in [0.15, 0.2) is 30.9 Å². The quantitative estimate of drug-likeness (QED) is 0.849. The van der Waals surface area contributed by atoms with Crippen molar-refractivity contribution in [3.8, 4) is 0 Å². The van der Waals surface area contributed by atoms with E-state index in [2.05, 4.69) is 15.0 Å². The van der Waals surface area contributed by atoms with E-state index < -0.39 is 12.0 Å². The van der Waals surface area contributed by atoms with Gasteiger partial charge in [0.2, 0.25) is 5.95 Å². The molecule has 2 aromatic heterocycles. The fourth-order valence-corrected chi connectivity index (χ4v) is 2.61. The van der Waals surface area contributed by atoms with Gasteiger partial charge in [-0.3, -0.25) is 9.69 Å². The van der Waals surface area contributed by atoms with Gasteiger partial charge in [0, 0.05) is 51.5 Å². The Morgan fingerprint density at radius 2 is 2.05 bits per heavy atom. The van der Waals surface area contributed by atoms with E-state index in [1.807, 2.05) is 27.6 Å². The number of aliphatic carboxylic acids is 1. The van der Waals surface area contributed by atoms with Crippen molar-refractivity contribution in [1.82, 2.24) is 24.4 Å². The molecule has 8 nitrogen and oxygen atoms in total. The normalized spacial score (nSPS) is 19.3. The molecule has 1 unspecified atom stereocenters. The molecule has 1 aliphatic rings. The summed E-state index contributed by atoms with van der Waals surface area (Å²) in [4.78, 5) is 28.1. The molecule has 0 aromatic carbocycles. The Labute approximate surface area is 128 Å². The summed E-state index contributed by atoms with van der Waals surface area (Å²) in [6.45, 7) is 2.20. The molecule has 8 heteroatoms. The molecule has 0 saturated carbocycles. The number of aryl methyl sites for hydroxylation is 1. The predicted molar refractivity (Wildman–Crippen MR) is 79.3 cm³/mol. The Morgan fingerprint density at radius 1 is 1.27 bits per heavy atom. The van der Waals surface area contributed by atoms with Gasteiger partial charge < -0.3 is 14.6 Å². The van der Waals surface area contributed by atoms with Crippen LogP contribution in [-0.4, -0.2) is 61.2 Å². The molecule has 0 bridgehead atoms. The van der Waals surface area contributed by atoms with Crippen LogP contribution in [0.4, 0.5) is 5.95 Å². The Hall–Kier alpha value is -2.48. The first kappa shape index (κ1) is 14.5. The third-order valence-corrected chi connectivity index (χ3v) is 3.88. The van der Waals surface area contributed by atoms with Gasteiger partial charge in [0.25, 0.3) is 0 Å². The fraction of sp³-hybridized carbons (Fsp3) is 0.429. The van der Waals surface area contributed by atoms with Gasteiger partial charge in [-0.15, -0.1) is 0 Å². The summed E-state index contributed by atoms with van der Waals surface area (Å²) in [6, 6.07) is 1.14. The minimum Gasteiger partial charge on any atom is -0.480 e. The number of nitrogens with zero attached hydrogens (tertiary/aromatic N) is 6. The van der Waals surface area contributed by atoms with Crippen LogP contribution in [0.1, 0.15) is 5.82 Å². The van der Waals surface area contributed by atoms with Crippen LogP contribution in [0.25, 0.3) is 0 Å². The second-order valence-electron chi connectivity index (χ2n) is 5.27. The van der Waals surface area contributed by atoms with Gasteiger partial charge >= 0.3 is 5.97 Å². The number of carbonyl (C=O) groups is 1. The summed E-state index contributed by atoms with van der Waals surface area (Å²) in [5.74, 6) is 0.593. The SMILES string of the molecule is Cn1ccnc1CN1CCN(c2ncccn2)CC1C(=O)O. The second kappa shape index (κ2) is 6.10. The number of piperazine rings is 1. The monoisotopic (exact) mass is 302 g/mol. The lowest BCUT2D eigenvalue weighted by atomic mass is 10.1. The van der Waals surface area contributed by atoms with Gasteiger partial charge in [-0.2, -0.15) is 0 Å². The number of imidazole rings is 1. The van der Waals surface area contributed by atoms with Gasteiger partial charge in [-0.25, -0.2) is 15.0 Å². The molecule has 2 aromatic rings. The zero-order chi connectivity index (χ0) is 15.5. The molecule has 0 amide bonds. The number of anilines is 1. The highest BCUT2D eigenvalue weighted by Crippen LogP contribution is 2.17. The Morgan fingerprint density at radius 3 is 2.68 bits per heavy atom. The molecule has 116 valence electrons. The van der Waals surface area contributed by atoms with Crippen molar-refractivity contribution in [3.05, 3.63) is 36.7 Å². The molecule has 3 heterocycles. The molecule has 0 radical (unpaired) electrons. The van der Waals surface area contributed by atoms with Crippen LogP contribution in [0, 0.1) is 0 Å². The van der Waals surface area contributed by atoms with E-state index in [-0.39, 0.29) is 0 Å². The third kappa shape index (κ3) is 2.91. The molecule has 0 spiro atoms. The average molecular weight is 302 g/mol. The maximum atomic E-state index is 11.6. The third-order valence-electron chi connectivity index (χ3n) is 3.88. The predicted octanol–water partition coefficient (Wildman–Crippen LogP) is -0.0145. The van der Waals surface area contributed by atoms with Gasteiger partial charge in [0.05, 0.1) is 6.54 Å². The summed E-state index contributed by atoms with van der Waals surface area (Å²) in [5, 5.41) is 9.53. The molecule has 1 aliphatic heterocycles. The number of hydrogen-bond donors (Lipinski definition) is 1. The van der Waals surface area contributed by atoms with E-state index >= 15 is 0 Å². The lowest BCUT2D eigenvalue weighted by Gasteiger charge is -2.39. The molecular weight excluding hydrogens is 284 g/mol. The van der Waals surface area contributed by atoms with Gasteiger partial charge in [0.15, 0.2) is 0 Å². The fourth-order valence-electron chi connectivity index (χ4n) is 2.61. The Kier molecular flexibility index (Phi) is 4.01. The highest BCUT2D eigenvalue weighted by atomic mass is 16.4. The minimum absolute atomic E-state index is 0.365. The van der Waals surface area contributed by atoms with E-state index in [9.17, 15) is 9.90 Å². The number of hydrogen-bond acceptors (Lipinski definition) is 6. The maximum absolute atomic E-state index is 11.6. The molecule has 1 saturated heterocycles. The van der Waals surface area contributed by atoms with Crippen molar-refractivity contribution in [2.24, 2.45) is 7.05 Å². The highest BCUT2D eigenvalue weighted by molar-refractivity contribution is 5.74. The summed E-state index contributed by atoms with van der Waals surface area (Å²) in [5.41, 5.74) is 0. The standard InChI is InChI=1S/C14H18N6O2/c1-18-6-5-15-12(18)10-19-7-8-20(9-11(19)13(21)22)14-16-3-2-4-17-14/h2-6,11H,7-10H2,1H3,(H,21,22). The summed E-state index contributed by atoms with van der Waals surface area (Å²) in [7, 11) is 1.91. The van der Waals surface area contributed by atoms with Crippen LogP contribution in [0.2, 0.25) is 0 Å².